The molecule has 0 aromatic heterocycles. The number of carbonyl (C=O) groups excluding carboxylic acids is 4. The third kappa shape index (κ3) is 8.32. The van der Waals surface area contributed by atoms with E-state index in [1.807, 2.05) is 104 Å². The Hall–Kier alpha value is -7.08. The maximum absolute atomic E-state index is 14.5. The zero-order valence-electron chi connectivity index (χ0n) is 44.5. The Morgan fingerprint density at radius 1 is 0.355 bits per heavy atom. The molecule has 4 N–H and O–H groups in total. The molecule has 388 valence electrons. The van der Waals surface area contributed by atoms with Crippen LogP contribution in [0.15, 0.2) is 119 Å². The molecule has 0 radical (unpaired) electrons. The van der Waals surface area contributed by atoms with E-state index in [9.17, 15) is 39.6 Å². The predicted molar refractivity (Wildman–Crippen MR) is 299 cm³/mol. The summed E-state index contributed by atoms with van der Waals surface area (Å²) < 4.78 is 0. The molecule has 0 fully saturated rings. The van der Waals surface area contributed by atoms with Crippen molar-refractivity contribution in [3.8, 4) is 0 Å². The van der Waals surface area contributed by atoms with Crippen molar-refractivity contribution in [1.29, 1.82) is 0 Å². The SMILES string of the molecule is CC(C)c1cc(C(CO)CO)cc(C(C)C)c1N1C(=O)c2cc3c(cc2C1=O)=CC1C=C2/C=C\C4=CC5C=c6cc7c(cc6=CC5C=C4/C=C\C2=CC1C=3)C(=O)N(c1c(C(C)C)cc(C(CO)CO)cc1C(C)C)C7=O. The fourth-order valence-corrected chi connectivity index (χ4v) is 12.4. The molecule has 0 bridgehead atoms. The van der Waals surface area contributed by atoms with E-state index in [4.69, 9.17) is 0 Å². The van der Waals surface area contributed by atoms with E-state index >= 15 is 0 Å². The first kappa shape index (κ1) is 51.0. The molecular formula is C66H66N2O8. The van der Waals surface area contributed by atoms with E-state index in [1.165, 1.54) is 9.80 Å². The van der Waals surface area contributed by atoms with Gasteiger partial charge in [-0.1, -0.05) is 153 Å². The second-order valence-corrected chi connectivity index (χ2v) is 22.9. The molecular weight excluding hydrogens is 949 g/mol. The lowest BCUT2D eigenvalue weighted by molar-refractivity contribution is 0.0909. The van der Waals surface area contributed by atoms with Crippen molar-refractivity contribution in [3.63, 3.8) is 0 Å². The van der Waals surface area contributed by atoms with Gasteiger partial charge >= 0.3 is 0 Å². The normalized spacial score (nSPS) is 21.8. The van der Waals surface area contributed by atoms with Crippen LogP contribution in [-0.2, 0) is 0 Å². The fraction of sp³-hybridized carbons (Fsp3) is 0.333. The third-order valence-corrected chi connectivity index (χ3v) is 16.7. The van der Waals surface area contributed by atoms with Crippen LogP contribution in [0, 0.1) is 23.7 Å². The van der Waals surface area contributed by atoms with E-state index in [1.54, 1.807) is 0 Å². The van der Waals surface area contributed by atoms with Crippen molar-refractivity contribution in [1.82, 2.24) is 0 Å². The van der Waals surface area contributed by atoms with Crippen molar-refractivity contribution in [3.05, 3.63) is 196 Å². The van der Waals surface area contributed by atoms with Gasteiger partial charge in [-0.25, -0.2) is 9.80 Å². The van der Waals surface area contributed by atoms with Crippen molar-refractivity contribution >= 4 is 59.3 Å². The Balaban J connectivity index is 0.895. The number of aliphatic hydroxyl groups excluding tert-OH is 4. The number of benzene rings is 4. The van der Waals surface area contributed by atoms with Gasteiger partial charge in [-0.2, -0.15) is 0 Å². The molecule has 4 unspecified atom stereocenters. The van der Waals surface area contributed by atoms with E-state index < -0.39 is 11.8 Å². The molecule has 0 spiro atoms. The number of carbonyl (C=O) groups is 4. The summed E-state index contributed by atoms with van der Waals surface area (Å²) in [7, 11) is 0. The molecule has 4 amide bonds. The standard InChI is InChI=1S/C66H66N2O8/c1-33(2)53-21-49(51(29-69)30-70)22-54(34(3)4)61(53)67-63(73)57-25-45-17-41-13-37-9-11-39-15-43-19-47-27-59-60(66(76)68(65(59)75)62-55(35(5)6)23-50(52(31-71)32-72)24-56(62)36(7)8)28-48(47)20-44(43)16-40(39)12-10-38(37)14-42(41)18-46(45)26-58(57)64(67)74/h9-28,33-36,41-44,51-52,69-72H,29-32H2,1-8H3/b11-9-,12-10-. The van der Waals surface area contributed by atoms with Crippen LogP contribution in [0.3, 0.4) is 0 Å². The summed E-state index contributed by atoms with van der Waals surface area (Å²) in [5.41, 5.74) is 11.9. The molecule has 7 aliphatic rings. The van der Waals surface area contributed by atoms with Gasteiger partial charge in [0.05, 0.1) is 60.1 Å². The van der Waals surface area contributed by atoms with Crippen LogP contribution < -0.4 is 30.7 Å². The van der Waals surface area contributed by atoms with Crippen LogP contribution in [0.5, 0.6) is 0 Å². The number of imide groups is 2. The number of aliphatic hydroxyl groups is 4. The second-order valence-electron chi connectivity index (χ2n) is 22.9. The Kier molecular flexibility index (Phi) is 13.1. The molecule has 76 heavy (non-hydrogen) atoms. The molecule has 4 aromatic rings. The minimum Gasteiger partial charge on any atom is -0.396 e. The van der Waals surface area contributed by atoms with Gasteiger partial charge in [0.2, 0.25) is 0 Å². The number of amides is 4. The number of fused-ring (bicyclic) bond motifs is 8. The molecule has 4 atom stereocenters. The molecule has 2 heterocycles. The zero-order valence-corrected chi connectivity index (χ0v) is 44.5. The first-order valence-electron chi connectivity index (χ1n) is 27.0. The predicted octanol–water partition coefficient (Wildman–Crippen LogP) is 8.09. The van der Waals surface area contributed by atoms with E-state index in [0.717, 1.165) is 76.5 Å². The van der Waals surface area contributed by atoms with Crippen LogP contribution in [0.2, 0.25) is 0 Å². The Labute approximate surface area is 443 Å². The summed E-state index contributed by atoms with van der Waals surface area (Å²) in [5.74, 6) is -2.48. The van der Waals surface area contributed by atoms with Gasteiger partial charge < -0.3 is 20.4 Å². The molecule has 4 aromatic carbocycles. The zero-order chi connectivity index (χ0) is 53.8. The van der Waals surface area contributed by atoms with Crippen molar-refractivity contribution in [2.75, 3.05) is 36.2 Å². The Morgan fingerprint density at radius 3 is 0.776 bits per heavy atom. The van der Waals surface area contributed by atoms with E-state index in [-0.39, 0.29) is 97.4 Å². The monoisotopic (exact) mass is 1010 g/mol. The minimum absolute atomic E-state index is 0.0200. The lowest BCUT2D eigenvalue weighted by atomic mass is 9.75. The Morgan fingerprint density at radius 2 is 0.579 bits per heavy atom. The van der Waals surface area contributed by atoms with Gasteiger partial charge in [0.15, 0.2) is 0 Å². The number of nitrogens with zero attached hydrogens (tertiary/aromatic N) is 2. The maximum atomic E-state index is 14.5. The third-order valence-electron chi connectivity index (χ3n) is 16.7. The summed E-state index contributed by atoms with van der Waals surface area (Å²) in [4.78, 5) is 60.8. The van der Waals surface area contributed by atoms with Crippen LogP contribution >= 0.6 is 0 Å². The topological polar surface area (TPSA) is 156 Å². The van der Waals surface area contributed by atoms with Crippen molar-refractivity contribution < 1.29 is 39.6 Å². The van der Waals surface area contributed by atoms with Gasteiger partial charge in [-0.05, 0) is 124 Å². The van der Waals surface area contributed by atoms with Crippen LogP contribution in [0.25, 0.3) is 24.3 Å². The number of hydrogen-bond donors (Lipinski definition) is 4. The van der Waals surface area contributed by atoms with Crippen molar-refractivity contribution in [2.24, 2.45) is 23.7 Å². The second kappa shape index (κ2) is 19.5. The van der Waals surface area contributed by atoms with Gasteiger partial charge in [0.25, 0.3) is 23.6 Å². The first-order chi connectivity index (χ1) is 36.4. The number of allylic oxidation sites excluding steroid dienone is 12. The smallest absolute Gasteiger partial charge is 0.266 e. The lowest BCUT2D eigenvalue weighted by Gasteiger charge is -2.28. The molecule has 11 rings (SSSR count). The summed E-state index contributed by atoms with van der Waals surface area (Å²) in [6.45, 7) is 15.3. The largest absolute Gasteiger partial charge is 0.396 e. The maximum Gasteiger partial charge on any atom is 0.266 e. The highest BCUT2D eigenvalue weighted by Gasteiger charge is 2.42. The van der Waals surface area contributed by atoms with Crippen LogP contribution in [-0.4, -0.2) is 70.5 Å². The number of rotatable bonds is 12. The lowest BCUT2D eigenvalue weighted by Crippen LogP contribution is -2.34. The number of hydrogen-bond acceptors (Lipinski definition) is 8. The molecule has 5 aliphatic carbocycles. The van der Waals surface area contributed by atoms with Crippen LogP contribution in [0.4, 0.5) is 11.4 Å². The highest BCUT2D eigenvalue weighted by molar-refractivity contribution is 6.36. The summed E-state index contributed by atoms with van der Waals surface area (Å²) >= 11 is 0. The average molecular weight is 1020 g/mol. The van der Waals surface area contributed by atoms with Gasteiger partial charge in [-0.3, -0.25) is 19.2 Å². The molecule has 0 saturated heterocycles. The van der Waals surface area contributed by atoms with E-state index in [2.05, 4.69) is 72.9 Å². The van der Waals surface area contributed by atoms with E-state index in [0.29, 0.717) is 33.6 Å². The first-order valence-corrected chi connectivity index (χ1v) is 27.0. The van der Waals surface area contributed by atoms with Crippen molar-refractivity contribution in [2.45, 2.75) is 90.9 Å². The molecule has 10 nitrogen and oxygen atoms in total. The minimum atomic E-state index is -0.476. The highest BCUT2D eigenvalue weighted by atomic mass is 16.3. The van der Waals surface area contributed by atoms with Gasteiger partial charge in [-0.15, -0.1) is 0 Å². The van der Waals surface area contributed by atoms with Gasteiger partial charge in [0.1, 0.15) is 0 Å². The fourth-order valence-electron chi connectivity index (χ4n) is 12.4. The van der Waals surface area contributed by atoms with Gasteiger partial charge in [0, 0.05) is 35.5 Å². The summed E-state index contributed by atoms with van der Waals surface area (Å²) in [5, 5.41) is 43.9. The molecule has 0 saturated carbocycles. The van der Waals surface area contributed by atoms with Crippen LogP contribution in [0.1, 0.15) is 166 Å². The average Bonchev–Trinajstić information content (AvgIpc) is 3.80. The number of anilines is 2. The summed E-state index contributed by atoms with van der Waals surface area (Å²) in [6, 6.07) is 15.2. The Bertz CT molecular complexity index is 3220. The summed E-state index contributed by atoms with van der Waals surface area (Å²) in [6.07, 6.45) is 26.7. The molecule has 10 heteroatoms. The quantitative estimate of drug-likeness (QED) is 0.104. The highest BCUT2D eigenvalue weighted by Crippen LogP contribution is 2.44. The molecule has 2 aliphatic heterocycles.